The van der Waals surface area contributed by atoms with E-state index < -0.39 is 0 Å². The number of nitrogens with zero attached hydrogens (tertiary/aromatic N) is 3. The zero-order chi connectivity index (χ0) is 22.5. The van der Waals surface area contributed by atoms with Crippen molar-refractivity contribution in [2.75, 3.05) is 13.1 Å². The number of likely N-dealkylation sites (tertiary alicyclic amines) is 1. The first kappa shape index (κ1) is 20.0. The van der Waals surface area contributed by atoms with Gasteiger partial charge in [-0.1, -0.05) is 18.2 Å². The molecule has 6 rings (SSSR count). The maximum atomic E-state index is 13.3. The molecule has 2 aliphatic heterocycles. The molecule has 1 amide bonds. The van der Waals surface area contributed by atoms with Crippen LogP contribution in [0, 0.1) is 17.2 Å². The first-order chi connectivity index (χ1) is 16.1. The van der Waals surface area contributed by atoms with Crippen molar-refractivity contribution in [3.05, 3.63) is 93.9 Å². The van der Waals surface area contributed by atoms with E-state index in [1.807, 2.05) is 27.7 Å². The second-order valence-electron chi connectivity index (χ2n) is 8.93. The lowest BCUT2D eigenvalue weighted by atomic mass is 9.81. The van der Waals surface area contributed by atoms with Gasteiger partial charge in [-0.05, 0) is 60.2 Å². The molecule has 33 heavy (non-hydrogen) atoms. The fraction of sp³-hybridized carbons (Fsp3) is 0.222. The van der Waals surface area contributed by atoms with Crippen LogP contribution in [0.5, 0.6) is 0 Å². The molecule has 0 spiro atoms. The highest BCUT2D eigenvalue weighted by Gasteiger charge is 2.38. The third kappa shape index (κ3) is 3.37. The Morgan fingerprint density at radius 1 is 1.00 bits per heavy atom. The molecule has 162 valence electrons. The van der Waals surface area contributed by atoms with Crippen molar-refractivity contribution in [3.8, 4) is 16.5 Å². The number of carbonyl (C=O) groups is 1. The SMILES string of the molecule is N#Cc1ccc(C(=O)N2C[C@@H]3C[C@@H](C2)c2c(-c4cc5ccccc5s4)ccc(=O)n2C3)cc1. The molecular weight excluding hydrogens is 430 g/mol. The molecule has 0 N–H and O–H groups in total. The molecule has 2 aliphatic rings. The van der Waals surface area contributed by atoms with Crippen LogP contribution in [-0.4, -0.2) is 28.5 Å². The van der Waals surface area contributed by atoms with E-state index in [2.05, 4.69) is 24.3 Å². The number of amides is 1. The summed E-state index contributed by atoms with van der Waals surface area (Å²) in [5.41, 5.74) is 3.35. The minimum atomic E-state index is -0.00988. The van der Waals surface area contributed by atoms with Gasteiger partial charge in [-0.15, -0.1) is 11.3 Å². The number of carbonyl (C=O) groups excluding carboxylic acids is 1. The smallest absolute Gasteiger partial charge is 0.253 e. The van der Waals surface area contributed by atoms with Crippen molar-refractivity contribution in [2.45, 2.75) is 18.9 Å². The molecule has 6 heteroatoms. The molecule has 0 saturated carbocycles. The molecule has 0 radical (unpaired) electrons. The first-order valence-corrected chi connectivity index (χ1v) is 11.9. The van der Waals surface area contributed by atoms with Gasteiger partial charge in [0, 0.05) is 58.0 Å². The van der Waals surface area contributed by atoms with E-state index in [9.17, 15) is 9.59 Å². The lowest BCUT2D eigenvalue weighted by Gasteiger charge is -2.43. The summed E-state index contributed by atoms with van der Waals surface area (Å²) in [6, 6.07) is 23.1. The van der Waals surface area contributed by atoms with Crippen LogP contribution in [0.15, 0.2) is 71.5 Å². The Kier molecular flexibility index (Phi) is 4.67. The third-order valence-electron chi connectivity index (χ3n) is 6.83. The van der Waals surface area contributed by atoms with Crippen LogP contribution in [0.25, 0.3) is 20.5 Å². The van der Waals surface area contributed by atoms with E-state index in [-0.39, 0.29) is 23.3 Å². The van der Waals surface area contributed by atoms with Crippen LogP contribution >= 0.6 is 11.3 Å². The summed E-state index contributed by atoms with van der Waals surface area (Å²) in [6.45, 7) is 1.88. The lowest BCUT2D eigenvalue weighted by molar-refractivity contribution is 0.0595. The van der Waals surface area contributed by atoms with Gasteiger partial charge in [0.25, 0.3) is 11.5 Å². The van der Waals surface area contributed by atoms with Gasteiger partial charge in [0.15, 0.2) is 0 Å². The number of nitriles is 1. The van der Waals surface area contributed by atoms with Crippen LogP contribution in [0.1, 0.15) is 34.0 Å². The van der Waals surface area contributed by atoms with Crippen LogP contribution in [0.2, 0.25) is 0 Å². The summed E-state index contributed by atoms with van der Waals surface area (Å²) in [5.74, 6) is 0.368. The summed E-state index contributed by atoms with van der Waals surface area (Å²) >= 11 is 1.75. The molecular formula is C27H21N3O2S. The molecule has 4 aromatic rings. The molecule has 2 aromatic carbocycles. The van der Waals surface area contributed by atoms with Gasteiger partial charge in [0.1, 0.15) is 0 Å². The van der Waals surface area contributed by atoms with Gasteiger partial charge in [-0.3, -0.25) is 9.59 Å². The highest BCUT2D eigenvalue weighted by Crippen LogP contribution is 2.43. The van der Waals surface area contributed by atoms with Crippen LogP contribution < -0.4 is 5.56 Å². The molecule has 0 aliphatic carbocycles. The standard InChI is InChI=1S/C27H21N3O2S/c28-13-17-5-7-19(8-6-17)27(32)29-14-18-11-21(16-29)26-22(9-10-25(31)30(26)15-18)24-12-20-3-1-2-4-23(20)33-24/h1-10,12,18,21H,11,14-16H2/t18-,21-/m0/s1. The molecule has 1 fully saturated rings. The molecule has 2 aromatic heterocycles. The molecule has 2 atom stereocenters. The number of fused-ring (bicyclic) bond motifs is 5. The van der Waals surface area contributed by atoms with Gasteiger partial charge in [-0.25, -0.2) is 0 Å². The number of thiophene rings is 1. The van der Waals surface area contributed by atoms with E-state index in [0.29, 0.717) is 30.8 Å². The van der Waals surface area contributed by atoms with Gasteiger partial charge < -0.3 is 9.47 Å². The van der Waals surface area contributed by atoms with E-state index >= 15 is 0 Å². The maximum Gasteiger partial charge on any atom is 0.253 e. The number of rotatable bonds is 2. The second kappa shape index (κ2) is 7.72. The highest BCUT2D eigenvalue weighted by molar-refractivity contribution is 7.22. The zero-order valence-electron chi connectivity index (χ0n) is 17.9. The number of aromatic nitrogens is 1. The summed E-state index contributed by atoms with van der Waals surface area (Å²) in [5, 5.41) is 10.2. The van der Waals surface area contributed by atoms with Crippen molar-refractivity contribution in [1.29, 1.82) is 5.26 Å². The molecule has 1 saturated heterocycles. The number of hydrogen-bond acceptors (Lipinski definition) is 4. The Morgan fingerprint density at radius 2 is 1.82 bits per heavy atom. The van der Waals surface area contributed by atoms with Crippen LogP contribution in [-0.2, 0) is 6.54 Å². The quantitative estimate of drug-likeness (QED) is 0.437. The number of benzene rings is 2. The lowest BCUT2D eigenvalue weighted by Crippen LogP contribution is -2.49. The maximum absolute atomic E-state index is 13.3. The van der Waals surface area contributed by atoms with E-state index in [0.717, 1.165) is 22.6 Å². The predicted octanol–water partition coefficient (Wildman–Crippen LogP) is 4.86. The van der Waals surface area contributed by atoms with E-state index in [1.54, 1.807) is 41.7 Å². The summed E-state index contributed by atoms with van der Waals surface area (Å²) in [6.07, 6.45) is 0.985. The second-order valence-corrected chi connectivity index (χ2v) is 10.0. The average molecular weight is 452 g/mol. The van der Waals surface area contributed by atoms with Gasteiger partial charge in [0.2, 0.25) is 0 Å². The summed E-state index contributed by atoms with van der Waals surface area (Å²) < 4.78 is 3.18. The highest BCUT2D eigenvalue weighted by atomic mass is 32.1. The fourth-order valence-electron chi connectivity index (χ4n) is 5.37. The number of pyridine rings is 1. The predicted molar refractivity (Wildman–Crippen MR) is 129 cm³/mol. The van der Waals surface area contributed by atoms with Crippen LogP contribution in [0.3, 0.4) is 0 Å². The Labute approximate surface area is 195 Å². The van der Waals surface area contributed by atoms with Gasteiger partial charge in [0.05, 0.1) is 11.6 Å². The number of piperidine rings is 1. The van der Waals surface area contributed by atoms with E-state index in [1.165, 1.54) is 10.1 Å². The molecule has 4 heterocycles. The third-order valence-corrected chi connectivity index (χ3v) is 7.98. The van der Waals surface area contributed by atoms with Crippen molar-refractivity contribution in [3.63, 3.8) is 0 Å². The number of hydrogen-bond donors (Lipinski definition) is 0. The Hall–Kier alpha value is -3.69. The summed E-state index contributed by atoms with van der Waals surface area (Å²) in [7, 11) is 0. The largest absolute Gasteiger partial charge is 0.338 e. The topological polar surface area (TPSA) is 66.1 Å². The van der Waals surface area contributed by atoms with E-state index in [4.69, 9.17) is 5.26 Å². The molecule has 0 unspecified atom stereocenters. The normalized spacial score (nSPS) is 19.2. The monoisotopic (exact) mass is 451 g/mol. The Bertz CT molecular complexity index is 1460. The average Bonchev–Trinajstić information content (AvgIpc) is 3.28. The van der Waals surface area contributed by atoms with Crippen molar-refractivity contribution in [1.82, 2.24) is 9.47 Å². The fourth-order valence-corrected chi connectivity index (χ4v) is 6.47. The molecule has 5 nitrogen and oxygen atoms in total. The Morgan fingerprint density at radius 3 is 2.61 bits per heavy atom. The van der Waals surface area contributed by atoms with Gasteiger partial charge >= 0.3 is 0 Å². The minimum absolute atomic E-state index is 0.00988. The first-order valence-electron chi connectivity index (χ1n) is 11.1. The van der Waals surface area contributed by atoms with Crippen molar-refractivity contribution >= 4 is 27.3 Å². The Balaban J connectivity index is 1.39. The molecule has 2 bridgehead atoms. The minimum Gasteiger partial charge on any atom is -0.338 e. The van der Waals surface area contributed by atoms with Crippen LogP contribution in [0.4, 0.5) is 0 Å². The van der Waals surface area contributed by atoms with Gasteiger partial charge in [-0.2, -0.15) is 5.26 Å². The zero-order valence-corrected chi connectivity index (χ0v) is 18.7. The van der Waals surface area contributed by atoms with Crippen molar-refractivity contribution < 1.29 is 4.79 Å². The summed E-state index contributed by atoms with van der Waals surface area (Å²) in [4.78, 5) is 29.2. The van der Waals surface area contributed by atoms with Crippen molar-refractivity contribution in [2.24, 2.45) is 5.92 Å².